The predicted octanol–water partition coefficient (Wildman–Crippen LogP) is 0.770. The van der Waals surface area contributed by atoms with Crippen molar-refractivity contribution >= 4 is 24.1 Å². The van der Waals surface area contributed by atoms with Crippen molar-refractivity contribution < 1.29 is 63.3 Å². The number of benzene rings is 1. The number of carbonyl (C=O) groups is 4. The van der Waals surface area contributed by atoms with E-state index in [9.17, 15) is 39.6 Å². The summed E-state index contributed by atoms with van der Waals surface area (Å²) in [5.41, 5.74) is -0.986. The maximum absolute atomic E-state index is 13.8. The van der Waals surface area contributed by atoms with Crippen LogP contribution in [-0.2, 0) is 35.0 Å². The van der Waals surface area contributed by atoms with E-state index in [2.05, 4.69) is 5.32 Å². The first-order chi connectivity index (χ1) is 20.8. The van der Waals surface area contributed by atoms with E-state index in [0.29, 0.717) is 12.0 Å². The molecule has 0 aromatic heterocycles. The number of hydrogen-bond donors (Lipinski definition) is 5. The molecule has 2 aliphatic heterocycles. The number of likely N-dealkylation sites (tertiary alicyclic amines) is 1. The molecule has 15 nitrogen and oxygen atoms in total. The molecule has 0 radical (unpaired) electrons. The number of nitrogens with one attached hydrogen (secondary N) is 1. The Morgan fingerprint density at radius 2 is 1.56 bits per heavy atom. The zero-order valence-electron chi connectivity index (χ0n) is 26.3. The lowest BCUT2D eigenvalue weighted by molar-refractivity contribution is -0.287. The zero-order valence-corrected chi connectivity index (χ0v) is 26.3. The second kappa shape index (κ2) is 14.7. The van der Waals surface area contributed by atoms with Crippen LogP contribution in [0.5, 0.6) is 5.75 Å². The summed E-state index contributed by atoms with van der Waals surface area (Å²) in [6.45, 7) is 9.76. The Bertz CT molecular complexity index is 1190. The molecule has 5 N–H and O–H groups in total. The maximum Gasteiger partial charge on any atom is 0.514 e. The number of nitrogens with zero attached hydrogens (tertiary/aromatic N) is 1. The molecule has 2 amide bonds. The van der Waals surface area contributed by atoms with Gasteiger partial charge in [0, 0.05) is 13.0 Å². The van der Waals surface area contributed by atoms with Gasteiger partial charge in [0.1, 0.15) is 60.1 Å². The molecular weight excluding hydrogens is 596 g/mol. The van der Waals surface area contributed by atoms with E-state index in [1.54, 1.807) is 53.7 Å². The number of aliphatic hydroxyl groups excluding tert-OH is 4. The van der Waals surface area contributed by atoms with Gasteiger partial charge in [-0.3, -0.25) is 4.79 Å². The second-order valence-electron chi connectivity index (χ2n) is 13.0. The van der Waals surface area contributed by atoms with E-state index in [4.69, 9.17) is 23.7 Å². The first kappa shape index (κ1) is 36.0. The highest BCUT2D eigenvalue weighted by atomic mass is 16.7. The van der Waals surface area contributed by atoms with Crippen molar-refractivity contribution in [2.75, 3.05) is 13.2 Å². The highest BCUT2D eigenvalue weighted by Gasteiger charge is 2.44. The molecular formula is C30H44N2O13. The lowest BCUT2D eigenvalue weighted by Gasteiger charge is -2.38. The first-order valence-corrected chi connectivity index (χ1v) is 14.7. The molecule has 45 heavy (non-hydrogen) atoms. The van der Waals surface area contributed by atoms with Crippen LogP contribution in [0.15, 0.2) is 24.3 Å². The molecule has 1 aromatic carbocycles. The highest BCUT2D eigenvalue weighted by molar-refractivity contribution is 5.90. The van der Waals surface area contributed by atoms with Crippen LogP contribution in [-0.4, -0.2) is 117 Å². The lowest BCUT2D eigenvalue weighted by Crippen LogP contribution is -2.59. The molecule has 1 aromatic rings. The molecule has 0 bridgehead atoms. The van der Waals surface area contributed by atoms with Gasteiger partial charge in [-0.1, -0.05) is 12.1 Å². The van der Waals surface area contributed by atoms with E-state index in [0.717, 1.165) is 0 Å². The third-order valence-electron chi connectivity index (χ3n) is 6.83. The van der Waals surface area contributed by atoms with E-state index in [1.165, 1.54) is 17.0 Å². The van der Waals surface area contributed by atoms with Gasteiger partial charge in [-0.05, 0) is 72.1 Å². The normalized spacial score (nSPS) is 26.0. The number of rotatable bonds is 8. The number of alkyl carbamates (subject to hydrolysis) is 1. The van der Waals surface area contributed by atoms with Gasteiger partial charge in [-0.25, -0.2) is 14.4 Å². The van der Waals surface area contributed by atoms with Gasteiger partial charge in [-0.2, -0.15) is 0 Å². The Morgan fingerprint density at radius 3 is 2.16 bits per heavy atom. The molecule has 0 unspecified atom stereocenters. The van der Waals surface area contributed by atoms with Crippen molar-refractivity contribution in [3.8, 4) is 5.75 Å². The molecule has 0 spiro atoms. The molecule has 15 heteroatoms. The Kier molecular flexibility index (Phi) is 11.8. The standard InChI is InChI=1S/C30H44N2O13/c1-29(2,3)44-27(39)31-18(14-16-9-11-17(12-10-16)42-28(40)45-30(4,5)6)24(36)32-13-7-8-19(32)25(37)41-15-20-21(33)22(34)23(35)26(38)43-20/h9-12,18-23,26,33-35,38H,7-8,13-15H2,1-6H3,(H,31,39)/t18-,19-,20+,21+,22-,23+,26+/m0/s1. The number of aliphatic hydroxyl groups is 4. The van der Waals surface area contributed by atoms with Gasteiger partial charge in [0.2, 0.25) is 5.91 Å². The average Bonchev–Trinajstić information content (AvgIpc) is 3.41. The fourth-order valence-electron chi connectivity index (χ4n) is 4.75. The minimum absolute atomic E-state index is 0.00325. The van der Waals surface area contributed by atoms with Crippen LogP contribution in [0, 0.1) is 0 Å². The first-order valence-electron chi connectivity index (χ1n) is 14.7. The number of carbonyl (C=O) groups excluding carboxylic acids is 4. The maximum atomic E-state index is 13.8. The summed E-state index contributed by atoms with van der Waals surface area (Å²) in [7, 11) is 0. The quantitative estimate of drug-likeness (QED) is 0.151. The largest absolute Gasteiger partial charge is 0.514 e. The van der Waals surface area contributed by atoms with Crippen molar-refractivity contribution in [3.05, 3.63) is 29.8 Å². The summed E-state index contributed by atoms with van der Waals surface area (Å²) in [6, 6.07) is 4.08. The van der Waals surface area contributed by atoms with E-state index in [-0.39, 0.29) is 25.1 Å². The third kappa shape index (κ3) is 10.5. The monoisotopic (exact) mass is 640 g/mol. The smallest absolute Gasteiger partial charge is 0.461 e. The van der Waals surface area contributed by atoms with Gasteiger partial charge in [0.15, 0.2) is 6.29 Å². The Morgan fingerprint density at radius 1 is 0.933 bits per heavy atom. The van der Waals surface area contributed by atoms with Crippen molar-refractivity contribution in [1.29, 1.82) is 0 Å². The van der Waals surface area contributed by atoms with E-state index < -0.39 is 84.7 Å². The second-order valence-corrected chi connectivity index (χ2v) is 13.0. The minimum Gasteiger partial charge on any atom is -0.461 e. The summed E-state index contributed by atoms with van der Waals surface area (Å²) in [4.78, 5) is 52.8. The average molecular weight is 641 g/mol. The molecule has 252 valence electrons. The summed E-state index contributed by atoms with van der Waals surface area (Å²) < 4.78 is 26.0. The van der Waals surface area contributed by atoms with E-state index >= 15 is 0 Å². The van der Waals surface area contributed by atoms with Crippen molar-refractivity contribution in [1.82, 2.24) is 10.2 Å². The van der Waals surface area contributed by atoms with Crippen LogP contribution in [0.3, 0.4) is 0 Å². The minimum atomic E-state index is -1.80. The molecule has 0 aliphatic carbocycles. The van der Waals surface area contributed by atoms with Gasteiger partial charge in [0.25, 0.3) is 0 Å². The molecule has 2 saturated heterocycles. The van der Waals surface area contributed by atoms with Gasteiger partial charge in [0.05, 0.1) is 0 Å². The molecule has 3 rings (SSSR count). The van der Waals surface area contributed by atoms with Crippen molar-refractivity contribution in [2.45, 2.75) is 115 Å². The predicted molar refractivity (Wildman–Crippen MR) is 155 cm³/mol. The SMILES string of the molecule is CC(C)(C)OC(=O)N[C@@H](Cc1ccc(OC(=O)OC(C)(C)C)cc1)C(=O)N1CCC[C@H]1C(=O)OC[C@H]1O[C@@H](O)[C@H](O)[C@@H](O)[C@@H]1O. The van der Waals surface area contributed by atoms with Crippen LogP contribution in [0.4, 0.5) is 9.59 Å². The van der Waals surface area contributed by atoms with Crippen molar-refractivity contribution in [3.63, 3.8) is 0 Å². The lowest BCUT2D eigenvalue weighted by atomic mass is 9.99. The van der Waals surface area contributed by atoms with Crippen LogP contribution < -0.4 is 10.1 Å². The van der Waals surface area contributed by atoms with Crippen LogP contribution in [0.2, 0.25) is 0 Å². The third-order valence-corrected chi connectivity index (χ3v) is 6.83. The zero-order chi connectivity index (χ0) is 33.7. The molecule has 2 aliphatic rings. The van der Waals surface area contributed by atoms with Gasteiger partial charge in [-0.15, -0.1) is 0 Å². The highest BCUT2D eigenvalue weighted by Crippen LogP contribution is 2.24. The summed E-state index contributed by atoms with van der Waals surface area (Å²) >= 11 is 0. The van der Waals surface area contributed by atoms with Crippen LogP contribution in [0.25, 0.3) is 0 Å². The Hall–Kier alpha value is -3.50. The van der Waals surface area contributed by atoms with Gasteiger partial charge >= 0.3 is 18.2 Å². The Balaban J connectivity index is 1.71. The number of esters is 1. The fraction of sp³-hybridized carbons (Fsp3) is 0.667. The summed E-state index contributed by atoms with van der Waals surface area (Å²) in [6.07, 6.45) is -9.21. The Labute approximate surface area is 261 Å². The van der Waals surface area contributed by atoms with Crippen LogP contribution in [0.1, 0.15) is 59.9 Å². The molecule has 7 atom stereocenters. The van der Waals surface area contributed by atoms with Gasteiger partial charge < -0.3 is 54.3 Å². The summed E-state index contributed by atoms with van der Waals surface area (Å²) in [5.74, 6) is -1.18. The molecule has 2 heterocycles. The number of ether oxygens (including phenoxy) is 5. The molecule has 2 fully saturated rings. The number of hydrogen-bond acceptors (Lipinski definition) is 13. The topological polar surface area (TPSA) is 211 Å². The summed E-state index contributed by atoms with van der Waals surface area (Å²) in [5, 5.41) is 42.0. The number of amides is 2. The van der Waals surface area contributed by atoms with E-state index in [1.807, 2.05) is 0 Å². The molecule has 0 saturated carbocycles. The van der Waals surface area contributed by atoms with Crippen molar-refractivity contribution in [2.24, 2.45) is 0 Å². The fourth-order valence-corrected chi connectivity index (χ4v) is 4.75. The van der Waals surface area contributed by atoms with Crippen LogP contribution >= 0.6 is 0 Å².